The Morgan fingerprint density at radius 1 is 1.38 bits per heavy atom. The standard InChI is InChI=1S/C9H21N3O/c1-3-5-7-12(4-2)8-6-9(13)11-10/h3-8,10H2,1-2H3,(H,11,13). The molecule has 0 unspecified atom stereocenters. The van der Waals surface area contributed by atoms with Gasteiger partial charge in [-0.2, -0.15) is 0 Å². The van der Waals surface area contributed by atoms with E-state index in [2.05, 4.69) is 24.2 Å². The molecule has 4 nitrogen and oxygen atoms in total. The molecular formula is C9H21N3O. The van der Waals surface area contributed by atoms with E-state index < -0.39 is 0 Å². The Balaban J connectivity index is 3.52. The second-order valence-corrected chi connectivity index (χ2v) is 3.11. The first kappa shape index (κ1) is 12.4. The molecule has 0 rings (SSSR count). The molecule has 0 atom stereocenters. The fraction of sp³-hybridized carbons (Fsp3) is 0.889. The van der Waals surface area contributed by atoms with Crippen molar-refractivity contribution in [3.63, 3.8) is 0 Å². The van der Waals surface area contributed by atoms with E-state index in [0.717, 1.165) is 19.6 Å². The molecule has 0 fully saturated rings. The number of nitrogens with zero attached hydrogens (tertiary/aromatic N) is 1. The average Bonchev–Trinajstić information content (AvgIpc) is 2.17. The van der Waals surface area contributed by atoms with Crippen LogP contribution in [0, 0.1) is 0 Å². The van der Waals surface area contributed by atoms with Crippen LogP contribution in [0.3, 0.4) is 0 Å². The van der Waals surface area contributed by atoms with Gasteiger partial charge in [0, 0.05) is 13.0 Å². The summed E-state index contributed by atoms with van der Waals surface area (Å²) in [5.74, 6) is 4.89. The molecule has 1 amide bonds. The molecule has 13 heavy (non-hydrogen) atoms. The summed E-state index contributed by atoms with van der Waals surface area (Å²) in [6.07, 6.45) is 2.88. The fourth-order valence-electron chi connectivity index (χ4n) is 1.14. The molecular weight excluding hydrogens is 166 g/mol. The van der Waals surface area contributed by atoms with E-state index in [4.69, 9.17) is 5.84 Å². The predicted molar refractivity (Wildman–Crippen MR) is 54.0 cm³/mol. The lowest BCUT2D eigenvalue weighted by atomic mass is 10.3. The molecule has 0 saturated heterocycles. The summed E-state index contributed by atoms with van der Waals surface area (Å²) in [6, 6.07) is 0. The summed E-state index contributed by atoms with van der Waals surface area (Å²) in [4.78, 5) is 13.1. The topological polar surface area (TPSA) is 58.4 Å². The van der Waals surface area contributed by atoms with Crippen molar-refractivity contribution < 1.29 is 4.79 Å². The first-order chi connectivity index (χ1) is 6.24. The highest BCUT2D eigenvalue weighted by Gasteiger charge is 2.04. The molecule has 78 valence electrons. The maximum absolute atomic E-state index is 10.8. The summed E-state index contributed by atoms with van der Waals surface area (Å²) in [5.41, 5.74) is 2.13. The van der Waals surface area contributed by atoms with Gasteiger partial charge in [-0.25, -0.2) is 5.84 Å². The van der Waals surface area contributed by atoms with Crippen LogP contribution in [0.4, 0.5) is 0 Å². The molecule has 0 aliphatic carbocycles. The fourth-order valence-corrected chi connectivity index (χ4v) is 1.14. The zero-order valence-corrected chi connectivity index (χ0v) is 8.68. The van der Waals surface area contributed by atoms with Gasteiger partial charge in [-0.15, -0.1) is 0 Å². The summed E-state index contributed by atoms with van der Waals surface area (Å²) in [5, 5.41) is 0. The first-order valence-corrected chi connectivity index (χ1v) is 4.96. The number of rotatable bonds is 7. The Morgan fingerprint density at radius 3 is 2.54 bits per heavy atom. The van der Waals surface area contributed by atoms with Crippen molar-refractivity contribution in [2.45, 2.75) is 33.1 Å². The largest absolute Gasteiger partial charge is 0.303 e. The average molecular weight is 187 g/mol. The van der Waals surface area contributed by atoms with Gasteiger partial charge in [-0.3, -0.25) is 10.2 Å². The van der Waals surface area contributed by atoms with Crippen molar-refractivity contribution in [3.05, 3.63) is 0 Å². The summed E-state index contributed by atoms with van der Waals surface area (Å²) in [6.45, 7) is 7.15. The molecule has 0 aromatic carbocycles. The van der Waals surface area contributed by atoms with E-state index in [0.29, 0.717) is 6.42 Å². The highest BCUT2D eigenvalue weighted by molar-refractivity contribution is 5.75. The van der Waals surface area contributed by atoms with Crippen LogP contribution in [0.5, 0.6) is 0 Å². The smallest absolute Gasteiger partial charge is 0.235 e. The first-order valence-electron chi connectivity index (χ1n) is 4.96. The Labute approximate surface area is 80.4 Å². The monoisotopic (exact) mass is 187 g/mol. The molecule has 0 aromatic heterocycles. The van der Waals surface area contributed by atoms with E-state index in [1.165, 1.54) is 12.8 Å². The van der Waals surface area contributed by atoms with Crippen molar-refractivity contribution in [3.8, 4) is 0 Å². The molecule has 0 aliphatic heterocycles. The van der Waals surface area contributed by atoms with Crippen molar-refractivity contribution >= 4 is 5.91 Å². The van der Waals surface area contributed by atoms with Crippen molar-refractivity contribution in [2.75, 3.05) is 19.6 Å². The Hall–Kier alpha value is -0.610. The van der Waals surface area contributed by atoms with E-state index in [-0.39, 0.29) is 5.91 Å². The zero-order valence-electron chi connectivity index (χ0n) is 8.68. The zero-order chi connectivity index (χ0) is 10.1. The number of hydrazine groups is 1. The third kappa shape index (κ3) is 6.54. The van der Waals surface area contributed by atoms with Gasteiger partial charge >= 0.3 is 0 Å². The highest BCUT2D eigenvalue weighted by atomic mass is 16.2. The molecule has 0 aromatic rings. The van der Waals surface area contributed by atoms with Crippen LogP contribution in [0.2, 0.25) is 0 Å². The van der Waals surface area contributed by atoms with E-state index in [1.54, 1.807) is 0 Å². The number of nitrogens with two attached hydrogens (primary N) is 1. The number of hydrogen-bond acceptors (Lipinski definition) is 3. The molecule has 0 spiro atoms. The minimum Gasteiger partial charge on any atom is -0.303 e. The second-order valence-electron chi connectivity index (χ2n) is 3.11. The van der Waals surface area contributed by atoms with Gasteiger partial charge in [0.15, 0.2) is 0 Å². The van der Waals surface area contributed by atoms with Gasteiger partial charge in [0.05, 0.1) is 0 Å². The number of amides is 1. The van der Waals surface area contributed by atoms with E-state index in [1.807, 2.05) is 0 Å². The van der Waals surface area contributed by atoms with E-state index >= 15 is 0 Å². The Bertz CT molecular complexity index is 139. The van der Waals surface area contributed by atoms with Gasteiger partial charge < -0.3 is 4.90 Å². The van der Waals surface area contributed by atoms with Crippen LogP contribution in [0.1, 0.15) is 33.1 Å². The number of carbonyl (C=O) groups excluding carboxylic acids is 1. The molecule has 3 N–H and O–H groups in total. The predicted octanol–water partition coefficient (Wildman–Crippen LogP) is 0.488. The van der Waals surface area contributed by atoms with E-state index in [9.17, 15) is 4.79 Å². The van der Waals surface area contributed by atoms with Gasteiger partial charge in [-0.1, -0.05) is 20.3 Å². The Morgan fingerprint density at radius 2 is 2.08 bits per heavy atom. The van der Waals surface area contributed by atoms with Crippen molar-refractivity contribution in [2.24, 2.45) is 5.84 Å². The van der Waals surface area contributed by atoms with Gasteiger partial charge in [0.1, 0.15) is 0 Å². The number of nitrogens with one attached hydrogen (secondary N) is 1. The molecule has 0 bridgehead atoms. The minimum absolute atomic E-state index is 0.0880. The molecule has 0 heterocycles. The number of hydrogen-bond donors (Lipinski definition) is 2. The number of unbranched alkanes of at least 4 members (excludes halogenated alkanes) is 1. The quantitative estimate of drug-likeness (QED) is 0.346. The molecule has 0 radical (unpaired) electrons. The summed E-state index contributed by atoms with van der Waals surface area (Å²) < 4.78 is 0. The van der Waals surface area contributed by atoms with Crippen LogP contribution in [-0.4, -0.2) is 30.4 Å². The second kappa shape index (κ2) is 8.01. The summed E-state index contributed by atoms with van der Waals surface area (Å²) >= 11 is 0. The SMILES string of the molecule is CCCCN(CC)CCC(=O)NN. The van der Waals surface area contributed by atoms with Crippen LogP contribution in [0.15, 0.2) is 0 Å². The normalized spacial score (nSPS) is 10.5. The number of carbonyl (C=O) groups is 1. The van der Waals surface area contributed by atoms with Gasteiger partial charge in [0.25, 0.3) is 0 Å². The summed E-state index contributed by atoms with van der Waals surface area (Å²) in [7, 11) is 0. The lowest BCUT2D eigenvalue weighted by Crippen LogP contribution is -2.34. The van der Waals surface area contributed by atoms with Crippen LogP contribution < -0.4 is 11.3 Å². The third-order valence-corrected chi connectivity index (χ3v) is 2.09. The minimum atomic E-state index is -0.0880. The van der Waals surface area contributed by atoms with Crippen LogP contribution >= 0.6 is 0 Å². The maximum atomic E-state index is 10.8. The molecule has 4 heteroatoms. The molecule has 0 aliphatic rings. The lowest BCUT2D eigenvalue weighted by Gasteiger charge is -2.19. The third-order valence-electron chi connectivity index (χ3n) is 2.09. The van der Waals surface area contributed by atoms with Crippen molar-refractivity contribution in [1.82, 2.24) is 10.3 Å². The maximum Gasteiger partial charge on any atom is 0.235 e. The Kier molecular flexibility index (Phi) is 7.63. The lowest BCUT2D eigenvalue weighted by molar-refractivity contribution is -0.121. The molecule has 0 saturated carbocycles. The highest BCUT2D eigenvalue weighted by Crippen LogP contribution is 1.96. The van der Waals surface area contributed by atoms with Crippen molar-refractivity contribution in [1.29, 1.82) is 0 Å². The van der Waals surface area contributed by atoms with Crippen LogP contribution in [-0.2, 0) is 4.79 Å². The van der Waals surface area contributed by atoms with Gasteiger partial charge in [0.2, 0.25) is 5.91 Å². The van der Waals surface area contributed by atoms with Crippen LogP contribution in [0.25, 0.3) is 0 Å². The van der Waals surface area contributed by atoms with Gasteiger partial charge in [-0.05, 0) is 19.5 Å².